The lowest BCUT2D eigenvalue weighted by atomic mass is 9.79. The van der Waals surface area contributed by atoms with Crippen LogP contribution in [0.1, 0.15) is 49.9 Å². The molecule has 2 atom stereocenters. The first-order chi connectivity index (χ1) is 16.5. The molecule has 2 unspecified atom stereocenters. The van der Waals surface area contributed by atoms with Crippen molar-refractivity contribution in [2.24, 2.45) is 0 Å². The molecule has 2 N–H and O–H groups in total. The molecule has 2 aromatic carbocycles. The van der Waals surface area contributed by atoms with Gasteiger partial charge < -0.3 is 20.1 Å². The number of allylic oxidation sites excluding steroid dienone is 1. The number of nitrogens with one attached hydrogen (secondary N) is 2. The predicted molar refractivity (Wildman–Crippen MR) is 133 cm³/mol. The number of ketones is 1. The Bertz CT molecular complexity index is 1240. The Morgan fingerprint density at radius 1 is 0.971 bits per heavy atom. The third-order valence-electron chi connectivity index (χ3n) is 6.31. The van der Waals surface area contributed by atoms with E-state index in [0.29, 0.717) is 24.3 Å². The maximum Gasteiger partial charge on any atom is 0.163 e. The van der Waals surface area contributed by atoms with Crippen molar-refractivity contribution in [3.63, 3.8) is 0 Å². The zero-order chi connectivity index (χ0) is 23.7. The zero-order valence-corrected chi connectivity index (χ0v) is 19.7. The van der Waals surface area contributed by atoms with Gasteiger partial charge in [-0.1, -0.05) is 24.3 Å². The summed E-state index contributed by atoms with van der Waals surface area (Å²) in [6, 6.07) is 19.5. The number of anilines is 2. The SMILES string of the molecule is COc1cc(C2CC(=O)C3=C(C2)Nc2ccccc2NC3c2ccccn2)ccc1OC(C)C. The molecule has 3 aromatic rings. The molecule has 2 aliphatic rings. The molecule has 0 saturated carbocycles. The Kier molecular flexibility index (Phi) is 5.97. The van der Waals surface area contributed by atoms with Gasteiger partial charge in [0.2, 0.25) is 0 Å². The number of benzene rings is 2. The third-order valence-corrected chi connectivity index (χ3v) is 6.31. The second-order valence-electron chi connectivity index (χ2n) is 9.00. The summed E-state index contributed by atoms with van der Waals surface area (Å²) in [5.74, 6) is 1.56. The van der Waals surface area contributed by atoms with Crippen LogP contribution in [0.4, 0.5) is 11.4 Å². The Balaban J connectivity index is 1.54. The summed E-state index contributed by atoms with van der Waals surface area (Å²) in [5.41, 5.74) is 5.51. The molecule has 174 valence electrons. The number of nitrogens with zero attached hydrogens (tertiary/aromatic N) is 1. The van der Waals surface area contributed by atoms with Crippen LogP contribution < -0.4 is 20.1 Å². The second kappa shape index (κ2) is 9.21. The minimum absolute atomic E-state index is 0.0374. The van der Waals surface area contributed by atoms with Crippen molar-refractivity contribution < 1.29 is 14.3 Å². The molecular weight excluding hydrogens is 426 g/mol. The first kappa shape index (κ1) is 22.0. The van der Waals surface area contributed by atoms with Crippen LogP contribution in [0.15, 0.2) is 78.1 Å². The van der Waals surface area contributed by atoms with E-state index in [1.807, 2.05) is 74.5 Å². The topological polar surface area (TPSA) is 72.5 Å². The van der Waals surface area contributed by atoms with E-state index < -0.39 is 0 Å². The largest absolute Gasteiger partial charge is 0.493 e. The van der Waals surface area contributed by atoms with Gasteiger partial charge in [-0.15, -0.1) is 0 Å². The molecule has 0 amide bonds. The summed E-state index contributed by atoms with van der Waals surface area (Å²) in [6.07, 6.45) is 2.96. The van der Waals surface area contributed by atoms with Gasteiger partial charge in [-0.3, -0.25) is 9.78 Å². The minimum atomic E-state index is -0.308. The van der Waals surface area contributed by atoms with Gasteiger partial charge in [0.25, 0.3) is 0 Å². The number of aromatic nitrogens is 1. The van der Waals surface area contributed by atoms with Crippen LogP contribution in [0.25, 0.3) is 0 Å². The van der Waals surface area contributed by atoms with Gasteiger partial charge in [0.1, 0.15) is 0 Å². The molecule has 0 saturated heterocycles. The normalized spacial score (nSPS) is 19.5. The van der Waals surface area contributed by atoms with Crippen LogP contribution in [0.3, 0.4) is 0 Å². The number of carbonyl (C=O) groups excluding carboxylic acids is 1. The highest BCUT2D eigenvalue weighted by Crippen LogP contribution is 2.44. The lowest BCUT2D eigenvalue weighted by molar-refractivity contribution is -0.116. The molecule has 1 aliphatic heterocycles. The molecule has 0 fully saturated rings. The van der Waals surface area contributed by atoms with Crippen molar-refractivity contribution in [1.29, 1.82) is 0 Å². The number of ether oxygens (including phenoxy) is 2. The van der Waals surface area contributed by atoms with Gasteiger partial charge in [0, 0.05) is 23.9 Å². The highest BCUT2D eigenvalue weighted by atomic mass is 16.5. The molecular formula is C28H29N3O3. The van der Waals surface area contributed by atoms with Gasteiger partial charge in [-0.25, -0.2) is 0 Å². The van der Waals surface area contributed by atoms with Gasteiger partial charge >= 0.3 is 0 Å². The number of pyridine rings is 1. The van der Waals surface area contributed by atoms with Crippen molar-refractivity contribution in [1.82, 2.24) is 4.98 Å². The van der Waals surface area contributed by atoms with Crippen molar-refractivity contribution in [2.75, 3.05) is 17.7 Å². The minimum Gasteiger partial charge on any atom is -0.493 e. The molecule has 0 spiro atoms. The lowest BCUT2D eigenvalue weighted by Crippen LogP contribution is -2.27. The number of Topliss-reactive ketones (excluding diaryl/α,β-unsaturated/α-hetero) is 1. The van der Waals surface area contributed by atoms with Crippen LogP contribution in [-0.4, -0.2) is 24.0 Å². The van der Waals surface area contributed by atoms with Crippen LogP contribution in [-0.2, 0) is 4.79 Å². The summed E-state index contributed by atoms with van der Waals surface area (Å²) in [7, 11) is 1.64. The van der Waals surface area contributed by atoms with Crippen LogP contribution in [0.5, 0.6) is 11.5 Å². The van der Waals surface area contributed by atoms with Crippen molar-refractivity contribution in [2.45, 2.75) is 44.8 Å². The Morgan fingerprint density at radius 2 is 1.76 bits per heavy atom. The summed E-state index contributed by atoms with van der Waals surface area (Å²) in [5, 5.41) is 7.13. The monoisotopic (exact) mass is 455 g/mol. The fraction of sp³-hybridized carbons (Fsp3) is 0.286. The summed E-state index contributed by atoms with van der Waals surface area (Å²) < 4.78 is 11.5. The lowest BCUT2D eigenvalue weighted by Gasteiger charge is -2.29. The first-order valence-corrected chi connectivity index (χ1v) is 11.7. The van der Waals surface area contributed by atoms with Crippen LogP contribution in [0.2, 0.25) is 0 Å². The number of hydrogen-bond acceptors (Lipinski definition) is 6. The molecule has 5 rings (SSSR count). The third kappa shape index (κ3) is 4.23. The average Bonchev–Trinajstić information content (AvgIpc) is 3.01. The summed E-state index contributed by atoms with van der Waals surface area (Å²) >= 11 is 0. The van der Waals surface area contributed by atoms with E-state index in [9.17, 15) is 4.79 Å². The fourth-order valence-electron chi connectivity index (χ4n) is 4.79. The van der Waals surface area contributed by atoms with E-state index in [1.54, 1.807) is 13.3 Å². The number of rotatable bonds is 5. The number of para-hydroxylation sites is 2. The van der Waals surface area contributed by atoms with Crippen LogP contribution >= 0.6 is 0 Å². The van der Waals surface area contributed by atoms with E-state index in [0.717, 1.165) is 33.9 Å². The summed E-state index contributed by atoms with van der Waals surface area (Å²) in [6.45, 7) is 3.98. The number of methoxy groups -OCH3 is 1. The van der Waals surface area contributed by atoms with E-state index >= 15 is 0 Å². The molecule has 1 aliphatic carbocycles. The average molecular weight is 456 g/mol. The predicted octanol–water partition coefficient (Wildman–Crippen LogP) is 5.86. The fourth-order valence-corrected chi connectivity index (χ4v) is 4.79. The Morgan fingerprint density at radius 3 is 2.50 bits per heavy atom. The van der Waals surface area contributed by atoms with Gasteiger partial charge in [0.15, 0.2) is 17.3 Å². The van der Waals surface area contributed by atoms with Gasteiger partial charge in [-0.2, -0.15) is 0 Å². The second-order valence-corrected chi connectivity index (χ2v) is 9.00. The molecule has 2 heterocycles. The van der Waals surface area contributed by atoms with E-state index in [1.165, 1.54) is 0 Å². The molecule has 0 radical (unpaired) electrons. The van der Waals surface area contributed by atoms with E-state index in [2.05, 4.69) is 15.6 Å². The number of carbonyl (C=O) groups is 1. The van der Waals surface area contributed by atoms with Crippen molar-refractivity contribution in [3.8, 4) is 11.5 Å². The molecule has 1 aromatic heterocycles. The van der Waals surface area contributed by atoms with Gasteiger partial charge in [0.05, 0.1) is 36.3 Å². The van der Waals surface area contributed by atoms with Crippen molar-refractivity contribution in [3.05, 3.63) is 89.4 Å². The highest BCUT2D eigenvalue weighted by Gasteiger charge is 2.36. The highest BCUT2D eigenvalue weighted by molar-refractivity contribution is 6.01. The maximum absolute atomic E-state index is 13.6. The first-order valence-electron chi connectivity index (χ1n) is 11.7. The van der Waals surface area contributed by atoms with E-state index in [4.69, 9.17) is 9.47 Å². The Hall–Kier alpha value is -3.80. The quantitative estimate of drug-likeness (QED) is 0.502. The van der Waals surface area contributed by atoms with E-state index in [-0.39, 0.29) is 23.8 Å². The molecule has 6 heteroatoms. The number of hydrogen-bond donors (Lipinski definition) is 2. The maximum atomic E-state index is 13.6. The number of fused-ring (bicyclic) bond motifs is 1. The van der Waals surface area contributed by atoms with Crippen LogP contribution in [0, 0.1) is 0 Å². The molecule has 0 bridgehead atoms. The zero-order valence-electron chi connectivity index (χ0n) is 19.7. The Labute approximate surface area is 200 Å². The van der Waals surface area contributed by atoms with Crippen molar-refractivity contribution >= 4 is 17.2 Å². The standard InChI is InChI=1S/C28H29N3O3/c1-17(2)34-25-12-11-18(16-26(25)33-3)19-14-23-27(24(32)15-19)28(22-10-6-7-13-29-22)31-21-9-5-4-8-20(21)30-23/h4-13,16-17,19,28,30-31H,14-15H2,1-3H3. The van der Waals surface area contributed by atoms with Gasteiger partial charge in [-0.05, 0) is 68.1 Å². The molecule has 6 nitrogen and oxygen atoms in total. The smallest absolute Gasteiger partial charge is 0.163 e. The molecule has 34 heavy (non-hydrogen) atoms. The summed E-state index contributed by atoms with van der Waals surface area (Å²) in [4.78, 5) is 18.2.